The van der Waals surface area contributed by atoms with Crippen molar-refractivity contribution in [1.29, 1.82) is 0 Å². The van der Waals surface area contributed by atoms with E-state index in [4.69, 9.17) is 0 Å². The maximum Gasteiger partial charge on any atom is 0.416 e. The summed E-state index contributed by atoms with van der Waals surface area (Å²) in [4.78, 5) is 19.0. The van der Waals surface area contributed by atoms with Gasteiger partial charge in [-0.1, -0.05) is 49.8 Å². The van der Waals surface area contributed by atoms with Gasteiger partial charge in [-0.15, -0.1) is 0 Å². The van der Waals surface area contributed by atoms with E-state index in [0.29, 0.717) is 29.7 Å². The number of carbonyl (C=O) groups excluding carboxylic acids is 1. The molecule has 2 heterocycles. The molecule has 0 aliphatic carbocycles. The summed E-state index contributed by atoms with van der Waals surface area (Å²) in [6.07, 6.45) is 2.18. The van der Waals surface area contributed by atoms with Crippen LogP contribution in [0.1, 0.15) is 46.8 Å². The van der Waals surface area contributed by atoms with E-state index in [1.165, 1.54) is 29.0 Å². The molecule has 38 heavy (non-hydrogen) atoms. The van der Waals surface area contributed by atoms with Crippen molar-refractivity contribution >= 4 is 33.8 Å². The summed E-state index contributed by atoms with van der Waals surface area (Å²) in [5.41, 5.74) is 5.32. The summed E-state index contributed by atoms with van der Waals surface area (Å²) < 4.78 is 39.2. The van der Waals surface area contributed by atoms with Gasteiger partial charge in [-0.2, -0.15) is 13.2 Å². The second-order valence-electron chi connectivity index (χ2n) is 9.47. The Labute approximate surface area is 219 Å². The van der Waals surface area contributed by atoms with Gasteiger partial charge in [0.2, 0.25) is 0 Å². The second kappa shape index (κ2) is 10.7. The van der Waals surface area contributed by atoms with Gasteiger partial charge in [0.25, 0.3) is 5.91 Å². The third kappa shape index (κ3) is 5.57. The first-order chi connectivity index (χ1) is 18.3. The zero-order valence-corrected chi connectivity index (χ0v) is 21.1. The molecular formula is C31H28F3N3O. The van der Waals surface area contributed by atoms with Crippen molar-refractivity contribution in [3.8, 4) is 0 Å². The molecule has 3 aromatic carbocycles. The minimum atomic E-state index is -4.42. The smallest absolute Gasteiger partial charge is 0.355 e. The predicted octanol–water partition coefficient (Wildman–Crippen LogP) is 7.88. The Kier molecular flexibility index (Phi) is 7.18. The van der Waals surface area contributed by atoms with E-state index in [1.807, 2.05) is 4.90 Å². The number of amides is 1. The zero-order valence-electron chi connectivity index (χ0n) is 21.1. The van der Waals surface area contributed by atoms with Gasteiger partial charge in [0.1, 0.15) is 0 Å². The number of hydrogen-bond donors (Lipinski definition) is 1. The van der Waals surface area contributed by atoms with Crippen molar-refractivity contribution < 1.29 is 18.0 Å². The molecule has 0 bridgehead atoms. The fourth-order valence-corrected chi connectivity index (χ4v) is 4.80. The van der Waals surface area contributed by atoms with E-state index in [-0.39, 0.29) is 11.4 Å². The van der Waals surface area contributed by atoms with Crippen LogP contribution in [0.25, 0.3) is 16.5 Å². The summed E-state index contributed by atoms with van der Waals surface area (Å²) in [6, 6.07) is 21.0. The number of halogens is 3. The van der Waals surface area contributed by atoms with Crippen LogP contribution in [-0.2, 0) is 12.6 Å². The fourth-order valence-electron chi connectivity index (χ4n) is 4.80. The molecule has 0 radical (unpaired) electrons. The third-order valence-corrected chi connectivity index (χ3v) is 6.81. The highest BCUT2D eigenvalue weighted by Crippen LogP contribution is 2.33. The Morgan fingerprint density at radius 1 is 1.03 bits per heavy atom. The Morgan fingerprint density at radius 3 is 2.55 bits per heavy atom. The molecular weight excluding hydrogens is 487 g/mol. The van der Waals surface area contributed by atoms with E-state index in [0.717, 1.165) is 37.1 Å². The third-order valence-electron chi connectivity index (χ3n) is 6.81. The predicted molar refractivity (Wildman–Crippen MR) is 145 cm³/mol. The number of nitrogens with zero attached hydrogens (tertiary/aromatic N) is 2. The molecule has 0 fully saturated rings. The maximum absolute atomic E-state index is 13.1. The van der Waals surface area contributed by atoms with Gasteiger partial charge in [-0.25, -0.2) is 0 Å². The molecule has 0 spiro atoms. The minimum Gasteiger partial charge on any atom is -0.355 e. The molecule has 0 atom stereocenters. The number of benzene rings is 3. The normalized spacial score (nSPS) is 13.9. The molecule has 0 unspecified atom stereocenters. The number of pyridine rings is 1. The quantitative estimate of drug-likeness (QED) is 0.284. The van der Waals surface area contributed by atoms with Gasteiger partial charge >= 0.3 is 6.18 Å². The molecule has 1 aromatic heterocycles. The van der Waals surface area contributed by atoms with Crippen LogP contribution in [0.15, 0.2) is 85.1 Å². The fraction of sp³-hybridized carbons (Fsp3) is 0.226. The highest BCUT2D eigenvalue weighted by atomic mass is 19.4. The van der Waals surface area contributed by atoms with Crippen LogP contribution in [0, 0.1) is 0 Å². The Morgan fingerprint density at radius 2 is 1.84 bits per heavy atom. The van der Waals surface area contributed by atoms with Crippen LogP contribution in [0.5, 0.6) is 0 Å². The topological polar surface area (TPSA) is 45.2 Å². The first kappa shape index (κ1) is 25.5. The van der Waals surface area contributed by atoms with Crippen molar-refractivity contribution in [2.75, 3.05) is 18.4 Å². The summed E-state index contributed by atoms with van der Waals surface area (Å²) in [7, 11) is 0. The summed E-state index contributed by atoms with van der Waals surface area (Å²) in [5.74, 6) is -0.0272. The van der Waals surface area contributed by atoms with Gasteiger partial charge in [-0.05, 0) is 72.0 Å². The van der Waals surface area contributed by atoms with Crippen molar-refractivity contribution in [2.24, 2.45) is 0 Å². The lowest BCUT2D eigenvalue weighted by Crippen LogP contribution is -2.34. The van der Waals surface area contributed by atoms with E-state index in [2.05, 4.69) is 47.6 Å². The van der Waals surface area contributed by atoms with Crippen LogP contribution < -0.4 is 5.32 Å². The van der Waals surface area contributed by atoms with E-state index < -0.39 is 11.7 Å². The lowest BCUT2D eigenvalue weighted by atomic mass is 9.96. The van der Waals surface area contributed by atoms with E-state index >= 15 is 0 Å². The Hall–Kier alpha value is -4.13. The zero-order chi connectivity index (χ0) is 26.7. The van der Waals surface area contributed by atoms with Crippen LogP contribution in [-0.4, -0.2) is 28.9 Å². The highest BCUT2D eigenvalue weighted by molar-refractivity contribution is 5.96. The average molecular weight is 516 g/mol. The van der Waals surface area contributed by atoms with Gasteiger partial charge in [0.05, 0.1) is 11.1 Å². The number of anilines is 2. The summed E-state index contributed by atoms with van der Waals surface area (Å²) >= 11 is 0. The molecule has 7 heteroatoms. The summed E-state index contributed by atoms with van der Waals surface area (Å²) in [6.45, 7) is 3.40. The number of alkyl halides is 3. The number of nitrogens with one attached hydrogen (secondary N) is 1. The monoisotopic (exact) mass is 515 g/mol. The van der Waals surface area contributed by atoms with Crippen molar-refractivity contribution in [3.05, 3.63) is 107 Å². The first-order valence-corrected chi connectivity index (χ1v) is 12.7. The molecule has 194 valence electrons. The largest absolute Gasteiger partial charge is 0.416 e. The number of fused-ring (bicyclic) bond motifs is 1. The molecule has 0 saturated heterocycles. The van der Waals surface area contributed by atoms with E-state index in [9.17, 15) is 18.0 Å². The van der Waals surface area contributed by atoms with Crippen LogP contribution in [0.2, 0.25) is 0 Å². The highest BCUT2D eigenvalue weighted by Gasteiger charge is 2.30. The number of rotatable bonds is 6. The van der Waals surface area contributed by atoms with Crippen LogP contribution in [0.3, 0.4) is 0 Å². The Balaban J connectivity index is 1.26. The molecule has 4 nitrogen and oxygen atoms in total. The molecule has 4 aromatic rings. The minimum absolute atomic E-state index is 0.0272. The first-order valence-electron chi connectivity index (χ1n) is 12.7. The lowest BCUT2D eigenvalue weighted by Gasteiger charge is -2.27. The number of aryl methyl sites for hydroxylation is 1. The average Bonchev–Trinajstić information content (AvgIpc) is 2.93. The lowest BCUT2D eigenvalue weighted by molar-refractivity contribution is -0.137. The van der Waals surface area contributed by atoms with Gasteiger partial charge in [0.15, 0.2) is 0 Å². The van der Waals surface area contributed by atoms with Crippen molar-refractivity contribution in [1.82, 2.24) is 9.88 Å². The van der Waals surface area contributed by atoms with Crippen molar-refractivity contribution in [2.45, 2.75) is 32.4 Å². The maximum atomic E-state index is 13.1. The molecule has 5 rings (SSSR count). The molecule has 1 N–H and O–H groups in total. The van der Waals surface area contributed by atoms with Crippen molar-refractivity contribution in [3.63, 3.8) is 0 Å². The Bertz CT molecular complexity index is 1490. The van der Waals surface area contributed by atoms with Gasteiger partial charge in [0, 0.05) is 41.6 Å². The van der Waals surface area contributed by atoms with Gasteiger partial charge < -0.3 is 10.2 Å². The standard InChI is InChI=1S/C31H28F3N3O/c1-2-4-21-5-3-6-24(19-21)22-14-17-37(18-15-22)30(38)23-7-10-26(11-8-23)36-28-13-16-35-29-20-25(31(32,33)34)9-12-27(28)29/h3,5-14,16,19-20H,2,4,15,17-18H2,1H3,(H,35,36). The molecule has 1 aliphatic rings. The molecule has 1 amide bonds. The molecule has 0 saturated carbocycles. The van der Waals surface area contributed by atoms with Gasteiger partial charge in [-0.3, -0.25) is 9.78 Å². The number of hydrogen-bond acceptors (Lipinski definition) is 3. The van der Waals surface area contributed by atoms with E-state index in [1.54, 1.807) is 30.3 Å². The number of aromatic nitrogens is 1. The van der Waals surface area contributed by atoms with Crippen LogP contribution >= 0.6 is 0 Å². The SMILES string of the molecule is CCCc1cccc(C2=CCN(C(=O)c3ccc(Nc4ccnc5cc(C(F)(F)F)ccc45)cc3)CC2)c1. The number of carbonyl (C=O) groups is 1. The van der Waals surface area contributed by atoms with Crippen LogP contribution in [0.4, 0.5) is 24.5 Å². The molecule has 1 aliphatic heterocycles. The second-order valence-corrected chi connectivity index (χ2v) is 9.47. The summed E-state index contributed by atoms with van der Waals surface area (Å²) in [5, 5.41) is 3.81.